The molecule has 3 heterocycles. The van der Waals surface area contributed by atoms with E-state index in [1.165, 1.54) is 21.7 Å². The number of carbonyl (C=O) groups is 1. The van der Waals surface area contributed by atoms with Gasteiger partial charge in [0, 0.05) is 18.9 Å². The van der Waals surface area contributed by atoms with Crippen molar-refractivity contribution < 1.29 is 4.79 Å². The number of likely N-dealkylation sites (tertiary alicyclic amines) is 1. The standard InChI is InChI=1S/C21H21N3O2/c1-14-8-9-16(12-15(14)2)18-6-5-11-23(18)20(25)17-13-22-19-7-3-4-10-24(19)21(17)26/h3-4,7-10,12-13,18H,5-6,11H2,1-2H3/t18-/m0/s1. The quantitative estimate of drug-likeness (QED) is 0.715. The summed E-state index contributed by atoms with van der Waals surface area (Å²) in [6.07, 6.45) is 4.91. The van der Waals surface area contributed by atoms with Gasteiger partial charge < -0.3 is 4.90 Å². The molecule has 0 spiro atoms. The lowest BCUT2D eigenvalue weighted by atomic mass is 9.99. The Kier molecular flexibility index (Phi) is 4.07. The second kappa shape index (κ2) is 6.41. The first-order chi connectivity index (χ1) is 12.6. The second-order valence-corrected chi connectivity index (χ2v) is 6.91. The first-order valence-corrected chi connectivity index (χ1v) is 8.91. The summed E-state index contributed by atoms with van der Waals surface area (Å²) in [4.78, 5) is 32.0. The molecule has 0 bridgehead atoms. The highest BCUT2D eigenvalue weighted by atomic mass is 16.2. The third-order valence-electron chi connectivity index (χ3n) is 5.27. The summed E-state index contributed by atoms with van der Waals surface area (Å²) in [6.45, 7) is 4.82. The Morgan fingerprint density at radius 3 is 2.81 bits per heavy atom. The summed E-state index contributed by atoms with van der Waals surface area (Å²) in [6, 6.07) is 11.7. The van der Waals surface area contributed by atoms with Gasteiger partial charge in [0.15, 0.2) is 0 Å². The summed E-state index contributed by atoms with van der Waals surface area (Å²) in [5.74, 6) is -0.235. The van der Waals surface area contributed by atoms with Gasteiger partial charge in [0.05, 0.1) is 6.04 Å². The smallest absolute Gasteiger partial charge is 0.270 e. The molecule has 5 heteroatoms. The van der Waals surface area contributed by atoms with Crippen LogP contribution in [-0.4, -0.2) is 26.7 Å². The van der Waals surface area contributed by atoms with Gasteiger partial charge in [-0.05, 0) is 55.5 Å². The average molecular weight is 347 g/mol. The fourth-order valence-electron chi connectivity index (χ4n) is 3.66. The summed E-state index contributed by atoms with van der Waals surface area (Å²) in [5.41, 5.74) is 3.94. The van der Waals surface area contributed by atoms with Crippen LogP contribution in [0, 0.1) is 13.8 Å². The van der Waals surface area contributed by atoms with Gasteiger partial charge in [-0.3, -0.25) is 14.0 Å². The Morgan fingerprint density at radius 1 is 1.15 bits per heavy atom. The maximum absolute atomic E-state index is 13.1. The largest absolute Gasteiger partial charge is 0.331 e. The van der Waals surface area contributed by atoms with E-state index >= 15 is 0 Å². The molecule has 26 heavy (non-hydrogen) atoms. The minimum atomic E-state index is -0.314. The molecule has 0 radical (unpaired) electrons. The molecule has 0 aliphatic carbocycles. The molecule has 1 aromatic carbocycles. The van der Waals surface area contributed by atoms with Crippen molar-refractivity contribution in [2.24, 2.45) is 0 Å². The normalized spacial score (nSPS) is 17.0. The highest BCUT2D eigenvalue weighted by Gasteiger charge is 2.32. The highest BCUT2D eigenvalue weighted by molar-refractivity contribution is 5.94. The maximum Gasteiger partial charge on any atom is 0.270 e. The molecule has 1 saturated heterocycles. The van der Waals surface area contributed by atoms with Crippen molar-refractivity contribution in [2.75, 3.05) is 6.54 Å². The molecular formula is C21H21N3O2. The summed E-state index contributed by atoms with van der Waals surface area (Å²) >= 11 is 0. The zero-order valence-corrected chi connectivity index (χ0v) is 15.0. The molecule has 1 atom stereocenters. The molecule has 1 amide bonds. The van der Waals surface area contributed by atoms with Crippen LogP contribution in [0.2, 0.25) is 0 Å². The van der Waals surface area contributed by atoms with Gasteiger partial charge >= 0.3 is 0 Å². The molecule has 3 aromatic rings. The lowest BCUT2D eigenvalue weighted by Crippen LogP contribution is -2.35. The van der Waals surface area contributed by atoms with Crippen LogP contribution in [0.3, 0.4) is 0 Å². The zero-order valence-electron chi connectivity index (χ0n) is 15.0. The number of amides is 1. The van der Waals surface area contributed by atoms with E-state index in [9.17, 15) is 9.59 Å². The summed E-state index contributed by atoms with van der Waals surface area (Å²) < 4.78 is 1.42. The van der Waals surface area contributed by atoms with E-state index in [2.05, 4.69) is 37.0 Å². The zero-order chi connectivity index (χ0) is 18.3. The number of benzene rings is 1. The predicted molar refractivity (Wildman–Crippen MR) is 100 cm³/mol. The molecule has 1 aliphatic heterocycles. The van der Waals surface area contributed by atoms with E-state index in [1.807, 2.05) is 11.0 Å². The highest BCUT2D eigenvalue weighted by Crippen LogP contribution is 2.33. The summed E-state index contributed by atoms with van der Waals surface area (Å²) in [5, 5.41) is 0. The van der Waals surface area contributed by atoms with Gasteiger partial charge in [-0.2, -0.15) is 0 Å². The molecule has 2 aromatic heterocycles. The van der Waals surface area contributed by atoms with E-state index in [-0.39, 0.29) is 23.1 Å². The number of carbonyl (C=O) groups excluding carboxylic acids is 1. The number of pyridine rings is 1. The number of aromatic nitrogens is 2. The molecule has 0 unspecified atom stereocenters. The average Bonchev–Trinajstić information content (AvgIpc) is 3.14. The van der Waals surface area contributed by atoms with E-state index in [0.29, 0.717) is 12.2 Å². The van der Waals surface area contributed by atoms with Gasteiger partial charge in [0.2, 0.25) is 0 Å². The Labute approximate surface area is 151 Å². The van der Waals surface area contributed by atoms with Gasteiger partial charge in [-0.15, -0.1) is 0 Å². The van der Waals surface area contributed by atoms with Crippen LogP contribution in [0.5, 0.6) is 0 Å². The van der Waals surface area contributed by atoms with Crippen LogP contribution in [-0.2, 0) is 0 Å². The van der Waals surface area contributed by atoms with E-state index in [1.54, 1.807) is 18.3 Å². The number of fused-ring (bicyclic) bond motifs is 1. The van der Waals surface area contributed by atoms with E-state index in [0.717, 1.165) is 18.4 Å². The molecule has 0 saturated carbocycles. The van der Waals surface area contributed by atoms with Crippen molar-refractivity contribution in [1.29, 1.82) is 0 Å². The third-order valence-corrected chi connectivity index (χ3v) is 5.27. The van der Waals surface area contributed by atoms with Crippen LogP contribution in [0.1, 0.15) is 45.9 Å². The maximum atomic E-state index is 13.1. The Hall–Kier alpha value is -2.95. The molecular weight excluding hydrogens is 326 g/mol. The number of hydrogen-bond donors (Lipinski definition) is 0. The van der Waals surface area contributed by atoms with E-state index < -0.39 is 0 Å². The number of nitrogens with zero attached hydrogens (tertiary/aromatic N) is 3. The van der Waals surface area contributed by atoms with Gasteiger partial charge in [-0.1, -0.05) is 24.3 Å². The van der Waals surface area contributed by atoms with Crippen LogP contribution >= 0.6 is 0 Å². The molecule has 1 fully saturated rings. The second-order valence-electron chi connectivity index (χ2n) is 6.91. The van der Waals surface area contributed by atoms with Crippen LogP contribution in [0.25, 0.3) is 5.65 Å². The number of aryl methyl sites for hydroxylation is 2. The Morgan fingerprint density at radius 2 is 2.00 bits per heavy atom. The first kappa shape index (κ1) is 16.5. The Bertz CT molecular complexity index is 1050. The minimum absolute atomic E-state index is 0.0117. The van der Waals surface area contributed by atoms with Crippen LogP contribution in [0.4, 0.5) is 0 Å². The Balaban J connectivity index is 1.72. The molecule has 1 aliphatic rings. The molecule has 0 N–H and O–H groups in total. The van der Waals surface area contributed by atoms with Crippen molar-refractivity contribution in [3.63, 3.8) is 0 Å². The lowest BCUT2D eigenvalue weighted by molar-refractivity contribution is 0.0733. The van der Waals surface area contributed by atoms with E-state index in [4.69, 9.17) is 0 Å². The van der Waals surface area contributed by atoms with Crippen molar-refractivity contribution in [2.45, 2.75) is 32.7 Å². The van der Waals surface area contributed by atoms with Crippen LogP contribution < -0.4 is 5.56 Å². The van der Waals surface area contributed by atoms with Gasteiger partial charge in [0.1, 0.15) is 11.2 Å². The van der Waals surface area contributed by atoms with Crippen molar-refractivity contribution in [1.82, 2.24) is 14.3 Å². The molecule has 5 nitrogen and oxygen atoms in total. The molecule has 4 rings (SSSR count). The predicted octanol–water partition coefficient (Wildman–Crippen LogP) is 3.29. The fourth-order valence-corrected chi connectivity index (χ4v) is 3.66. The minimum Gasteiger partial charge on any atom is -0.331 e. The van der Waals surface area contributed by atoms with Crippen molar-refractivity contribution in [3.05, 3.63) is 81.4 Å². The molecule has 132 valence electrons. The first-order valence-electron chi connectivity index (χ1n) is 8.91. The van der Waals surface area contributed by atoms with Crippen molar-refractivity contribution in [3.8, 4) is 0 Å². The van der Waals surface area contributed by atoms with Gasteiger partial charge in [0.25, 0.3) is 11.5 Å². The van der Waals surface area contributed by atoms with Gasteiger partial charge in [-0.25, -0.2) is 4.98 Å². The van der Waals surface area contributed by atoms with Crippen molar-refractivity contribution >= 4 is 11.6 Å². The fraction of sp³-hybridized carbons (Fsp3) is 0.286. The SMILES string of the molecule is Cc1ccc([C@@H]2CCCN2C(=O)c2cnc3ccccn3c2=O)cc1C. The lowest BCUT2D eigenvalue weighted by Gasteiger charge is -2.25. The number of rotatable bonds is 2. The van der Waals surface area contributed by atoms with Crippen LogP contribution in [0.15, 0.2) is 53.6 Å². The monoisotopic (exact) mass is 347 g/mol. The number of hydrogen-bond acceptors (Lipinski definition) is 3. The topological polar surface area (TPSA) is 54.7 Å². The summed E-state index contributed by atoms with van der Waals surface area (Å²) in [7, 11) is 0. The third kappa shape index (κ3) is 2.69.